The molecule has 0 saturated carbocycles. The van der Waals surface area contributed by atoms with Crippen LogP contribution in [0.2, 0.25) is 0 Å². The van der Waals surface area contributed by atoms with Gasteiger partial charge in [0.1, 0.15) is 0 Å². The van der Waals surface area contributed by atoms with E-state index in [0.29, 0.717) is 5.75 Å². The van der Waals surface area contributed by atoms with Crippen LogP contribution in [0.1, 0.15) is 11.6 Å². The predicted octanol–water partition coefficient (Wildman–Crippen LogP) is 2.49. The van der Waals surface area contributed by atoms with E-state index in [4.69, 9.17) is 5.73 Å². The minimum atomic E-state index is -1.04. The Morgan fingerprint density at radius 1 is 0.941 bits per heavy atom. The monoisotopic (exact) mass is 245 g/mol. The summed E-state index contributed by atoms with van der Waals surface area (Å²) >= 11 is 0. The molecule has 0 aliphatic carbocycles. The van der Waals surface area contributed by atoms with E-state index in [-0.39, 0.29) is 6.04 Å². The van der Waals surface area contributed by atoms with Crippen LogP contribution in [0.25, 0.3) is 0 Å². The number of benzene rings is 2. The molecule has 0 saturated heterocycles. The first-order valence-electron chi connectivity index (χ1n) is 5.51. The fourth-order valence-corrected chi connectivity index (χ4v) is 2.80. The zero-order chi connectivity index (χ0) is 12.1. The fourth-order valence-electron chi connectivity index (χ4n) is 1.63. The van der Waals surface area contributed by atoms with E-state index < -0.39 is 10.8 Å². The lowest BCUT2D eigenvalue weighted by atomic mass is 10.1. The van der Waals surface area contributed by atoms with Gasteiger partial charge in [-0.05, 0) is 17.7 Å². The quantitative estimate of drug-likeness (QED) is 0.899. The van der Waals surface area contributed by atoms with E-state index in [0.717, 1.165) is 10.5 Å². The molecule has 0 fully saturated rings. The standard InChI is InChI=1S/C14H15NOS/c15-14(12-7-3-1-4-8-12)11-17(16)13-9-5-2-6-10-13/h1-10,14H,11,15H2/t14-,17?/m1/s1. The first-order valence-corrected chi connectivity index (χ1v) is 6.83. The highest BCUT2D eigenvalue weighted by Crippen LogP contribution is 2.14. The molecule has 17 heavy (non-hydrogen) atoms. The lowest BCUT2D eigenvalue weighted by Crippen LogP contribution is -2.18. The summed E-state index contributed by atoms with van der Waals surface area (Å²) < 4.78 is 12.1. The minimum absolute atomic E-state index is 0.183. The molecule has 2 aromatic carbocycles. The van der Waals surface area contributed by atoms with Crippen molar-refractivity contribution in [2.24, 2.45) is 5.73 Å². The molecule has 0 spiro atoms. The van der Waals surface area contributed by atoms with Crippen LogP contribution < -0.4 is 5.73 Å². The molecule has 2 nitrogen and oxygen atoms in total. The summed E-state index contributed by atoms with van der Waals surface area (Å²) in [6.07, 6.45) is 0. The first kappa shape index (κ1) is 12.0. The van der Waals surface area contributed by atoms with E-state index in [1.165, 1.54) is 0 Å². The average molecular weight is 245 g/mol. The van der Waals surface area contributed by atoms with Crippen molar-refractivity contribution in [1.82, 2.24) is 0 Å². The molecule has 0 heterocycles. The summed E-state index contributed by atoms with van der Waals surface area (Å²) in [6, 6.07) is 19.0. The van der Waals surface area contributed by atoms with E-state index >= 15 is 0 Å². The number of hydrogen-bond donors (Lipinski definition) is 1. The Morgan fingerprint density at radius 2 is 1.47 bits per heavy atom. The Hall–Kier alpha value is -1.45. The van der Waals surface area contributed by atoms with Crippen LogP contribution in [0.3, 0.4) is 0 Å². The summed E-state index contributed by atoms with van der Waals surface area (Å²) in [4.78, 5) is 0.832. The minimum Gasteiger partial charge on any atom is -0.323 e. The van der Waals surface area contributed by atoms with Gasteiger partial charge in [0.25, 0.3) is 0 Å². The topological polar surface area (TPSA) is 43.1 Å². The maximum Gasteiger partial charge on any atom is 0.0548 e. The van der Waals surface area contributed by atoms with Crippen molar-refractivity contribution < 1.29 is 4.21 Å². The molecular formula is C14H15NOS. The number of rotatable bonds is 4. The number of nitrogens with two attached hydrogens (primary N) is 1. The van der Waals surface area contributed by atoms with E-state index in [1.807, 2.05) is 60.7 Å². The van der Waals surface area contributed by atoms with E-state index in [2.05, 4.69) is 0 Å². The van der Waals surface area contributed by atoms with Gasteiger partial charge in [-0.25, -0.2) is 0 Å². The highest BCUT2D eigenvalue weighted by Gasteiger charge is 2.11. The maximum absolute atomic E-state index is 12.1. The van der Waals surface area contributed by atoms with Gasteiger partial charge in [-0.2, -0.15) is 0 Å². The molecule has 2 aromatic rings. The normalized spacial score (nSPS) is 14.2. The second kappa shape index (κ2) is 5.75. The van der Waals surface area contributed by atoms with Crippen LogP contribution in [0.5, 0.6) is 0 Å². The molecule has 0 aromatic heterocycles. The summed E-state index contributed by atoms with van der Waals surface area (Å²) in [5, 5.41) is 0. The first-order chi connectivity index (χ1) is 8.27. The van der Waals surface area contributed by atoms with Gasteiger partial charge >= 0.3 is 0 Å². The summed E-state index contributed by atoms with van der Waals surface area (Å²) in [5.41, 5.74) is 7.06. The summed E-state index contributed by atoms with van der Waals surface area (Å²) in [7, 11) is -1.04. The van der Waals surface area contributed by atoms with Gasteiger partial charge in [-0.15, -0.1) is 0 Å². The van der Waals surface area contributed by atoms with Crippen molar-refractivity contribution in [1.29, 1.82) is 0 Å². The molecule has 88 valence electrons. The molecule has 2 N–H and O–H groups in total. The van der Waals surface area contributed by atoms with Gasteiger partial charge in [0.15, 0.2) is 0 Å². The molecule has 2 atom stereocenters. The highest BCUT2D eigenvalue weighted by atomic mass is 32.2. The van der Waals surface area contributed by atoms with E-state index in [1.54, 1.807) is 0 Å². The molecule has 1 unspecified atom stereocenters. The van der Waals surface area contributed by atoms with Crippen molar-refractivity contribution in [3.63, 3.8) is 0 Å². The van der Waals surface area contributed by atoms with Crippen LogP contribution >= 0.6 is 0 Å². The third-order valence-electron chi connectivity index (χ3n) is 2.56. The smallest absolute Gasteiger partial charge is 0.0548 e. The molecule has 3 heteroatoms. The Morgan fingerprint density at radius 3 is 2.06 bits per heavy atom. The Balaban J connectivity index is 2.05. The zero-order valence-corrected chi connectivity index (χ0v) is 10.3. The molecule has 0 bridgehead atoms. The molecule has 0 aliphatic heterocycles. The van der Waals surface area contributed by atoms with Crippen molar-refractivity contribution in [2.45, 2.75) is 10.9 Å². The third-order valence-corrected chi connectivity index (χ3v) is 4.02. The van der Waals surface area contributed by atoms with Gasteiger partial charge < -0.3 is 5.73 Å². The lowest BCUT2D eigenvalue weighted by molar-refractivity contribution is 0.675. The predicted molar refractivity (Wildman–Crippen MR) is 71.1 cm³/mol. The molecular weight excluding hydrogens is 230 g/mol. The second-order valence-electron chi connectivity index (χ2n) is 3.84. The van der Waals surface area contributed by atoms with Crippen LogP contribution in [-0.2, 0) is 10.8 Å². The van der Waals surface area contributed by atoms with Gasteiger partial charge in [0.05, 0.1) is 10.8 Å². The second-order valence-corrected chi connectivity index (χ2v) is 5.34. The van der Waals surface area contributed by atoms with Gasteiger partial charge in [-0.3, -0.25) is 4.21 Å². The molecule has 0 radical (unpaired) electrons. The van der Waals surface area contributed by atoms with Crippen LogP contribution in [-0.4, -0.2) is 9.96 Å². The SMILES string of the molecule is N[C@H](CS(=O)c1ccccc1)c1ccccc1. The summed E-state index contributed by atoms with van der Waals surface area (Å²) in [5.74, 6) is 0.452. The van der Waals surface area contributed by atoms with Crippen molar-refractivity contribution in [3.8, 4) is 0 Å². The highest BCUT2D eigenvalue weighted by molar-refractivity contribution is 7.85. The Bertz CT molecular complexity index is 484. The molecule has 0 amide bonds. The largest absolute Gasteiger partial charge is 0.323 e. The van der Waals surface area contributed by atoms with Crippen LogP contribution in [0.15, 0.2) is 65.6 Å². The zero-order valence-electron chi connectivity index (χ0n) is 9.45. The van der Waals surface area contributed by atoms with Gasteiger partial charge in [-0.1, -0.05) is 48.5 Å². The fraction of sp³-hybridized carbons (Fsp3) is 0.143. The Labute approximate surface area is 104 Å². The van der Waals surface area contributed by atoms with Crippen LogP contribution in [0.4, 0.5) is 0 Å². The van der Waals surface area contributed by atoms with Crippen molar-refractivity contribution in [2.75, 3.05) is 5.75 Å². The lowest BCUT2D eigenvalue weighted by Gasteiger charge is -2.11. The average Bonchev–Trinajstić information content (AvgIpc) is 2.40. The number of hydrogen-bond acceptors (Lipinski definition) is 2. The summed E-state index contributed by atoms with van der Waals surface area (Å²) in [6.45, 7) is 0. The Kier molecular flexibility index (Phi) is 4.07. The maximum atomic E-state index is 12.1. The van der Waals surface area contributed by atoms with Gasteiger partial charge in [0, 0.05) is 16.7 Å². The van der Waals surface area contributed by atoms with Crippen molar-refractivity contribution in [3.05, 3.63) is 66.2 Å². The molecule has 2 rings (SSSR count). The molecule has 0 aliphatic rings. The third kappa shape index (κ3) is 3.25. The van der Waals surface area contributed by atoms with Gasteiger partial charge in [0.2, 0.25) is 0 Å². The van der Waals surface area contributed by atoms with E-state index in [9.17, 15) is 4.21 Å². The van der Waals surface area contributed by atoms with Crippen LogP contribution in [0, 0.1) is 0 Å². The van der Waals surface area contributed by atoms with Crippen molar-refractivity contribution >= 4 is 10.8 Å².